The van der Waals surface area contributed by atoms with Crippen molar-refractivity contribution in [3.05, 3.63) is 77.1 Å². The molecule has 2 aromatic carbocycles. The van der Waals surface area contributed by atoms with Gasteiger partial charge in [0, 0.05) is 11.6 Å². The molecule has 3 heteroatoms. The van der Waals surface area contributed by atoms with E-state index in [9.17, 15) is 9.18 Å². The van der Waals surface area contributed by atoms with Crippen LogP contribution in [0.1, 0.15) is 16.7 Å². The third kappa shape index (κ3) is 4.05. The number of hydrogen-bond donors (Lipinski definition) is 0. The summed E-state index contributed by atoms with van der Waals surface area (Å²) in [4.78, 5) is 11.5. The third-order valence-corrected chi connectivity index (χ3v) is 2.82. The first-order chi connectivity index (χ1) is 9.65. The fourth-order valence-corrected chi connectivity index (χ4v) is 1.65. The normalized spacial score (nSPS) is 10.7. The number of aryl methyl sites for hydroxylation is 1. The van der Waals surface area contributed by atoms with Crippen molar-refractivity contribution in [3.63, 3.8) is 0 Å². The number of rotatable bonds is 4. The van der Waals surface area contributed by atoms with Gasteiger partial charge in [0.25, 0.3) is 0 Å². The van der Waals surface area contributed by atoms with E-state index in [-0.39, 0.29) is 12.4 Å². The van der Waals surface area contributed by atoms with Crippen LogP contribution in [-0.4, -0.2) is 5.97 Å². The Labute approximate surface area is 117 Å². The first-order valence-electron chi connectivity index (χ1n) is 6.30. The molecule has 0 saturated carbocycles. The minimum atomic E-state index is -0.492. The highest BCUT2D eigenvalue weighted by Crippen LogP contribution is 2.09. The molecular formula is C17H15FO2. The first-order valence-corrected chi connectivity index (χ1v) is 6.30. The molecule has 0 bridgehead atoms. The van der Waals surface area contributed by atoms with Crippen LogP contribution in [-0.2, 0) is 16.1 Å². The summed E-state index contributed by atoms with van der Waals surface area (Å²) in [6, 6.07) is 14.0. The summed E-state index contributed by atoms with van der Waals surface area (Å²) in [7, 11) is 0. The molecule has 20 heavy (non-hydrogen) atoms. The number of carbonyl (C=O) groups is 1. The van der Waals surface area contributed by atoms with Gasteiger partial charge in [-0.15, -0.1) is 0 Å². The molecule has 0 radical (unpaired) electrons. The second kappa shape index (κ2) is 6.66. The monoisotopic (exact) mass is 270 g/mol. The lowest BCUT2D eigenvalue weighted by molar-refractivity contribution is -0.138. The summed E-state index contributed by atoms with van der Waals surface area (Å²) in [5.74, 6) is -0.864. The largest absolute Gasteiger partial charge is 0.458 e. The van der Waals surface area contributed by atoms with Crippen molar-refractivity contribution in [1.82, 2.24) is 0 Å². The number of esters is 1. The average molecular weight is 270 g/mol. The molecule has 0 N–H and O–H groups in total. The Kier molecular flexibility index (Phi) is 4.66. The molecule has 0 aliphatic heterocycles. The number of hydrogen-bond acceptors (Lipinski definition) is 2. The molecule has 0 spiro atoms. The lowest BCUT2D eigenvalue weighted by atomic mass is 10.1. The summed E-state index contributed by atoms with van der Waals surface area (Å²) in [6.07, 6.45) is 3.01. The number of carbonyl (C=O) groups excluding carboxylic acids is 1. The Morgan fingerprint density at radius 2 is 1.85 bits per heavy atom. The minimum absolute atomic E-state index is 0.0657. The molecular weight excluding hydrogens is 255 g/mol. The van der Waals surface area contributed by atoms with Gasteiger partial charge in [0.2, 0.25) is 0 Å². The van der Waals surface area contributed by atoms with E-state index in [2.05, 4.69) is 0 Å². The van der Waals surface area contributed by atoms with Gasteiger partial charge in [0.1, 0.15) is 12.4 Å². The predicted octanol–water partition coefficient (Wildman–Crippen LogP) is 3.89. The Balaban J connectivity index is 1.90. The summed E-state index contributed by atoms with van der Waals surface area (Å²) in [5, 5.41) is 0. The Hall–Kier alpha value is -2.42. The minimum Gasteiger partial charge on any atom is -0.458 e. The van der Waals surface area contributed by atoms with Gasteiger partial charge >= 0.3 is 5.97 Å². The van der Waals surface area contributed by atoms with Crippen molar-refractivity contribution in [2.45, 2.75) is 13.5 Å². The van der Waals surface area contributed by atoms with E-state index in [1.165, 1.54) is 12.1 Å². The number of benzene rings is 2. The van der Waals surface area contributed by atoms with Crippen LogP contribution in [0.4, 0.5) is 4.39 Å². The fourth-order valence-electron chi connectivity index (χ4n) is 1.65. The summed E-state index contributed by atoms with van der Waals surface area (Å²) in [5.41, 5.74) is 2.44. The van der Waals surface area contributed by atoms with Gasteiger partial charge in [0.15, 0.2) is 0 Å². The highest BCUT2D eigenvalue weighted by atomic mass is 19.1. The van der Waals surface area contributed by atoms with Crippen LogP contribution in [0.25, 0.3) is 6.08 Å². The molecule has 2 rings (SSSR count). The van der Waals surface area contributed by atoms with Gasteiger partial charge in [-0.2, -0.15) is 0 Å². The van der Waals surface area contributed by atoms with Crippen molar-refractivity contribution >= 4 is 12.0 Å². The molecule has 0 atom stereocenters. The predicted molar refractivity (Wildman–Crippen MR) is 76.4 cm³/mol. The van der Waals surface area contributed by atoms with E-state index in [1.807, 2.05) is 31.2 Å². The Morgan fingerprint density at radius 3 is 2.55 bits per heavy atom. The van der Waals surface area contributed by atoms with Crippen LogP contribution in [0.3, 0.4) is 0 Å². The molecule has 0 aliphatic rings. The molecule has 0 fully saturated rings. The average Bonchev–Trinajstić information content (AvgIpc) is 2.46. The van der Waals surface area contributed by atoms with Gasteiger partial charge in [-0.05, 0) is 24.6 Å². The molecule has 2 nitrogen and oxygen atoms in total. The van der Waals surface area contributed by atoms with Gasteiger partial charge in [-0.1, -0.05) is 48.0 Å². The fraction of sp³-hybridized carbons (Fsp3) is 0.118. The maximum Gasteiger partial charge on any atom is 0.331 e. The molecule has 0 saturated heterocycles. The topological polar surface area (TPSA) is 26.3 Å². The SMILES string of the molecule is Cc1ccc(/C=C/C(=O)OCc2ccccc2F)cc1. The molecule has 2 aromatic rings. The van der Waals surface area contributed by atoms with Gasteiger partial charge in [-0.3, -0.25) is 0 Å². The van der Waals surface area contributed by atoms with E-state index < -0.39 is 5.97 Å². The quantitative estimate of drug-likeness (QED) is 0.622. The van der Waals surface area contributed by atoms with Crippen LogP contribution in [0.5, 0.6) is 0 Å². The smallest absolute Gasteiger partial charge is 0.331 e. The van der Waals surface area contributed by atoms with Crippen molar-refractivity contribution in [2.75, 3.05) is 0 Å². The highest BCUT2D eigenvalue weighted by molar-refractivity contribution is 5.87. The van der Waals surface area contributed by atoms with E-state index in [1.54, 1.807) is 24.3 Å². The second-order valence-corrected chi connectivity index (χ2v) is 4.44. The Morgan fingerprint density at radius 1 is 1.15 bits per heavy atom. The standard InChI is InChI=1S/C17H15FO2/c1-13-6-8-14(9-7-13)10-11-17(19)20-12-15-4-2-3-5-16(15)18/h2-11H,12H2,1H3/b11-10+. The molecule has 0 aromatic heterocycles. The lowest BCUT2D eigenvalue weighted by Crippen LogP contribution is -2.02. The van der Waals surface area contributed by atoms with Crippen molar-refractivity contribution in [1.29, 1.82) is 0 Å². The number of halogens is 1. The van der Waals surface area contributed by atoms with Crippen molar-refractivity contribution in [3.8, 4) is 0 Å². The van der Waals surface area contributed by atoms with Crippen molar-refractivity contribution in [2.24, 2.45) is 0 Å². The molecule has 0 heterocycles. The molecule has 0 aliphatic carbocycles. The maximum atomic E-state index is 13.3. The van der Waals surface area contributed by atoms with Crippen LogP contribution >= 0.6 is 0 Å². The van der Waals surface area contributed by atoms with Crippen molar-refractivity contribution < 1.29 is 13.9 Å². The lowest BCUT2D eigenvalue weighted by Gasteiger charge is -2.03. The molecule has 102 valence electrons. The summed E-state index contributed by atoms with van der Waals surface area (Å²) < 4.78 is 18.3. The van der Waals surface area contributed by atoms with E-state index >= 15 is 0 Å². The molecule has 0 amide bonds. The second-order valence-electron chi connectivity index (χ2n) is 4.44. The summed E-state index contributed by atoms with van der Waals surface area (Å²) >= 11 is 0. The first kappa shape index (κ1) is 14.0. The van der Waals surface area contributed by atoms with E-state index in [0.717, 1.165) is 11.1 Å². The zero-order valence-corrected chi connectivity index (χ0v) is 11.2. The maximum absolute atomic E-state index is 13.3. The molecule has 0 unspecified atom stereocenters. The zero-order valence-electron chi connectivity index (χ0n) is 11.2. The zero-order chi connectivity index (χ0) is 14.4. The van der Waals surface area contributed by atoms with Crippen LogP contribution in [0.2, 0.25) is 0 Å². The van der Waals surface area contributed by atoms with E-state index in [0.29, 0.717) is 5.56 Å². The number of ether oxygens (including phenoxy) is 1. The third-order valence-electron chi connectivity index (χ3n) is 2.82. The van der Waals surface area contributed by atoms with Gasteiger partial charge in [0.05, 0.1) is 0 Å². The highest BCUT2D eigenvalue weighted by Gasteiger charge is 2.03. The van der Waals surface area contributed by atoms with Crippen LogP contribution < -0.4 is 0 Å². The summed E-state index contributed by atoms with van der Waals surface area (Å²) in [6.45, 7) is 1.93. The Bertz CT molecular complexity index is 615. The van der Waals surface area contributed by atoms with Crippen LogP contribution in [0.15, 0.2) is 54.6 Å². The van der Waals surface area contributed by atoms with Gasteiger partial charge in [-0.25, -0.2) is 9.18 Å². The van der Waals surface area contributed by atoms with Gasteiger partial charge < -0.3 is 4.74 Å². The van der Waals surface area contributed by atoms with E-state index in [4.69, 9.17) is 4.74 Å². The van der Waals surface area contributed by atoms with Crippen LogP contribution in [0, 0.1) is 12.7 Å².